The van der Waals surface area contributed by atoms with Crippen molar-refractivity contribution in [3.63, 3.8) is 0 Å². The summed E-state index contributed by atoms with van der Waals surface area (Å²) in [5.41, 5.74) is 0. The third-order valence-electron chi connectivity index (χ3n) is 13.2. The normalized spacial score (nSPS) is 22.6. The molecule has 10 atom stereocenters. The summed E-state index contributed by atoms with van der Waals surface area (Å²) < 4.78 is 22.6. The number of phosphoric ester groups is 1. The maximum absolute atomic E-state index is 13.0. The minimum Gasteiger partial charge on any atom is -0.756 e. The van der Waals surface area contributed by atoms with E-state index >= 15 is 0 Å². The molecule has 1 aliphatic rings. The van der Waals surface area contributed by atoms with E-state index in [0.29, 0.717) is 12.8 Å². The molecule has 1 rings (SSSR count). The molecule has 8 N–H and O–H groups in total. The van der Waals surface area contributed by atoms with Gasteiger partial charge < -0.3 is 55.0 Å². The van der Waals surface area contributed by atoms with Crippen LogP contribution in [0.3, 0.4) is 0 Å². The lowest BCUT2D eigenvalue weighted by Crippen LogP contribution is -2.64. The molecule has 1 fully saturated rings. The summed E-state index contributed by atoms with van der Waals surface area (Å²) >= 11 is 0. The van der Waals surface area contributed by atoms with Crippen LogP contribution in [0.5, 0.6) is 0 Å². The van der Waals surface area contributed by atoms with E-state index in [4.69, 9.17) is 9.05 Å². The Labute approximate surface area is 389 Å². The number of carbonyl (C=O) groups excluding carboxylic acids is 1. The van der Waals surface area contributed by atoms with Crippen molar-refractivity contribution in [2.45, 2.75) is 306 Å². The second kappa shape index (κ2) is 40.2. The fraction of sp³-hybridized carbons (Fsp3) is 0.980. The number of aliphatic hydroxyl groups excluding tert-OH is 7. The number of aliphatic hydroxyl groups is 7. The van der Waals surface area contributed by atoms with Crippen molar-refractivity contribution in [1.29, 1.82) is 0 Å². The Hall–Kier alpha value is -0.700. The van der Waals surface area contributed by atoms with Gasteiger partial charge in [0.15, 0.2) is 0 Å². The minimum absolute atomic E-state index is 0.140. The molecular formula is C50H99NO12P-. The predicted octanol–water partition coefficient (Wildman–Crippen LogP) is 9.35. The quantitative estimate of drug-likeness (QED) is 0.0211. The standard InChI is InChI=1S/C50H100NO12P/c1-3-5-7-9-11-13-15-17-18-19-20-21-22-23-24-25-26-27-29-31-33-35-37-39-43(53)51-41(40-62-64(60,61)63-50-48(58)46(56)45(55)47(57)49(50)59)44(54)42(52)38-36-34-32-30-28-16-14-12-10-8-6-4-2/h41-42,44-50,52,54-59H,3-40H2,1-2H3,(H,51,53)(H,60,61)/p-1/t41-,42+,44-,45?,46-,47+,48+,49+,50?/m0/s1. The van der Waals surface area contributed by atoms with Gasteiger partial charge in [0, 0.05) is 6.42 Å². The van der Waals surface area contributed by atoms with Crippen LogP contribution in [0.15, 0.2) is 0 Å². The lowest BCUT2D eigenvalue weighted by Gasteiger charge is -2.43. The predicted molar refractivity (Wildman–Crippen MR) is 255 cm³/mol. The van der Waals surface area contributed by atoms with Gasteiger partial charge in [-0.05, 0) is 12.8 Å². The summed E-state index contributed by atoms with van der Waals surface area (Å²) in [5, 5.41) is 74.9. The zero-order chi connectivity index (χ0) is 47.3. The summed E-state index contributed by atoms with van der Waals surface area (Å²) in [6.45, 7) is 3.66. The molecular weight excluding hydrogens is 838 g/mol. The molecule has 64 heavy (non-hydrogen) atoms. The van der Waals surface area contributed by atoms with Crippen LogP contribution < -0.4 is 10.2 Å². The Bertz CT molecular complexity index is 1110. The van der Waals surface area contributed by atoms with Crippen LogP contribution in [-0.4, -0.2) is 103 Å². The molecule has 0 saturated heterocycles. The number of rotatable bonds is 45. The number of hydrogen-bond acceptors (Lipinski definition) is 12. The molecule has 0 aliphatic heterocycles. The van der Waals surface area contributed by atoms with Gasteiger partial charge in [-0.15, -0.1) is 0 Å². The lowest BCUT2D eigenvalue weighted by atomic mass is 9.85. The molecule has 0 heterocycles. The number of unbranched alkanes of at least 4 members (excludes halogenated alkanes) is 33. The maximum Gasteiger partial charge on any atom is 0.268 e. The SMILES string of the molecule is CCCCCCCCCCCCCCCCCCCCCCCCCC(=O)N[C@@H](COP(=O)([O-])OC1[C@H](O)[C@H](O)C(O)[C@H](O)[C@H]1O)[C@H](O)[C@H](O)CCCCCCCCCCCCCC. The second-order valence-corrected chi connectivity index (χ2v) is 20.6. The molecule has 1 amide bonds. The Morgan fingerprint density at radius 2 is 0.797 bits per heavy atom. The van der Waals surface area contributed by atoms with Crippen molar-refractivity contribution in [2.75, 3.05) is 6.61 Å². The first-order valence-corrected chi connectivity index (χ1v) is 28.0. The summed E-state index contributed by atoms with van der Waals surface area (Å²) in [5.74, 6) is -0.436. The van der Waals surface area contributed by atoms with Crippen LogP contribution in [0.1, 0.15) is 251 Å². The summed E-state index contributed by atoms with van der Waals surface area (Å²) in [4.78, 5) is 25.8. The van der Waals surface area contributed by atoms with Gasteiger partial charge in [0.1, 0.15) is 42.7 Å². The number of phosphoric acid groups is 1. The van der Waals surface area contributed by atoms with E-state index in [1.165, 1.54) is 167 Å². The Balaban J connectivity index is 2.38. The number of nitrogens with one attached hydrogen (secondary N) is 1. The lowest BCUT2D eigenvalue weighted by molar-refractivity contribution is -0.261. The van der Waals surface area contributed by atoms with Gasteiger partial charge in [-0.2, -0.15) is 0 Å². The zero-order valence-corrected chi connectivity index (χ0v) is 41.6. The van der Waals surface area contributed by atoms with Crippen molar-refractivity contribution in [3.05, 3.63) is 0 Å². The summed E-state index contributed by atoms with van der Waals surface area (Å²) in [6.07, 6.45) is 28.1. The van der Waals surface area contributed by atoms with Crippen molar-refractivity contribution in [2.24, 2.45) is 0 Å². The first-order chi connectivity index (χ1) is 30.9. The number of amides is 1. The van der Waals surface area contributed by atoms with Gasteiger partial charge in [0.05, 0.1) is 18.8 Å². The Morgan fingerprint density at radius 3 is 1.14 bits per heavy atom. The molecule has 0 aromatic carbocycles. The molecule has 0 bridgehead atoms. The molecule has 3 unspecified atom stereocenters. The van der Waals surface area contributed by atoms with Gasteiger partial charge >= 0.3 is 0 Å². The van der Waals surface area contributed by atoms with Crippen molar-refractivity contribution in [1.82, 2.24) is 5.32 Å². The van der Waals surface area contributed by atoms with Crippen molar-refractivity contribution >= 4 is 13.7 Å². The summed E-state index contributed by atoms with van der Waals surface area (Å²) in [7, 11) is -5.40. The van der Waals surface area contributed by atoms with Crippen molar-refractivity contribution in [3.8, 4) is 0 Å². The van der Waals surface area contributed by atoms with E-state index < -0.39 is 75.2 Å². The highest BCUT2D eigenvalue weighted by Gasteiger charge is 2.50. The Morgan fingerprint density at radius 1 is 0.500 bits per heavy atom. The molecule has 14 heteroatoms. The molecule has 0 aromatic rings. The van der Waals surface area contributed by atoms with Crippen molar-refractivity contribution < 1.29 is 59.0 Å². The van der Waals surface area contributed by atoms with Gasteiger partial charge in [0.25, 0.3) is 7.82 Å². The molecule has 13 nitrogen and oxygen atoms in total. The fourth-order valence-electron chi connectivity index (χ4n) is 8.88. The molecule has 382 valence electrons. The average molecular weight is 937 g/mol. The van der Waals surface area contributed by atoms with Gasteiger partial charge in [-0.25, -0.2) is 0 Å². The van der Waals surface area contributed by atoms with E-state index in [-0.39, 0.29) is 12.8 Å². The average Bonchev–Trinajstić information content (AvgIpc) is 3.28. The first-order valence-electron chi connectivity index (χ1n) is 26.6. The van der Waals surface area contributed by atoms with Crippen LogP contribution in [-0.2, 0) is 18.4 Å². The molecule has 0 aromatic heterocycles. The van der Waals surface area contributed by atoms with E-state index in [2.05, 4.69) is 19.2 Å². The van der Waals surface area contributed by atoms with Crippen LogP contribution in [0.4, 0.5) is 0 Å². The van der Waals surface area contributed by atoms with E-state index in [1.54, 1.807) is 0 Å². The summed E-state index contributed by atoms with van der Waals surface area (Å²) in [6, 6.07) is -1.34. The highest BCUT2D eigenvalue weighted by atomic mass is 31.2. The molecule has 0 spiro atoms. The largest absolute Gasteiger partial charge is 0.756 e. The van der Waals surface area contributed by atoms with Crippen LogP contribution in [0.25, 0.3) is 0 Å². The third-order valence-corrected chi connectivity index (χ3v) is 14.2. The van der Waals surface area contributed by atoms with Crippen LogP contribution >= 0.6 is 7.82 Å². The van der Waals surface area contributed by atoms with Crippen LogP contribution in [0.2, 0.25) is 0 Å². The molecule has 0 radical (unpaired) electrons. The first kappa shape index (κ1) is 61.3. The second-order valence-electron chi connectivity index (χ2n) is 19.2. The maximum atomic E-state index is 13.0. The monoisotopic (exact) mass is 937 g/mol. The molecule has 1 saturated carbocycles. The van der Waals surface area contributed by atoms with Crippen LogP contribution in [0, 0.1) is 0 Å². The minimum atomic E-state index is -5.40. The zero-order valence-electron chi connectivity index (χ0n) is 40.7. The number of hydrogen-bond donors (Lipinski definition) is 8. The topological polar surface area (TPSA) is 229 Å². The molecule has 1 aliphatic carbocycles. The van der Waals surface area contributed by atoms with E-state index in [0.717, 1.165) is 44.9 Å². The third kappa shape index (κ3) is 30.6. The smallest absolute Gasteiger partial charge is 0.268 e. The highest BCUT2D eigenvalue weighted by Crippen LogP contribution is 2.43. The van der Waals surface area contributed by atoms with Gasteiger partial charge in [-0.3, -0.25) is 9.36 Å². The van der Waals surface area contributed by atoms with E-state index in [1.807, 2.05) is 0 Å². The fourth-order valence-corrected chi connectivity index (χ4v) is 9.83. The van der Waals surface area contributed by atoms with E-state index in [9.17, 15) is 50.0 Å². The number of carbonyl (C=O) groups is 1. The highest BCUT2D eigenvalue weighted by molar-refractivity contribution is 7.45. The Kier molecular flexibility index (Phi) is 38.5. The van der Waals surface area contributed by atoms with Gasteiger partial charge in [-0.1, -0.05) is 232 Å². The van der Waals surface area contributed by atoms with Gasteiger partial charge in [0.2, 0.25) is 5.91 Å².